The standard InChI is InChI=1S/C14H25N3O4/c1-3-4-5-8-12(11(2)18)16-14(19)13(17-21)9-6-7-10-15-20/h12-13H,3-10H2,1-2H3,(H,16,19). The summed E-state index contributed by atoms with van der Waals surface area (Å²) in [6.45, 7) is 3.65. The number of nitroso groups, excluding NO2 is 2. The number of Topliss-reactive ketones (excluding diaryl/α,β-unsaturated/α-hetero) is 1. The van der Waals surface area contributed by atoms with Gasteiger partial charge >= 0.3 is 0 Å². The van der Waals surface area contributed by atoms with Gasteiger partial charge in [0.2, 0.25) is 5.91 Å². The Morgan fingerprint density at radius 3 is 2.24 bits per heavy atom. The van der Waals surface area contributed by atoms with Gasteiger partial charge in [0.1, 0.15) is 0 Å². The number of nitrogens with one attached hydrogen (secondary N) is 1. The van der Waals surface area contributed by atoms with Crippen LogP contribution in [0.15, 0.2) is 10.4 Å². The molecule has 7 heteroatoms. The van der Waals surface area contributed by atoms with E-state index in [0.717, 1.165) is 19.3 Å². The number of carbonyl (C=O) groups is 2. The molecule has 0 heterocycles. The number of rotatable bonds is 13. The second-order valence-electron chi connectivity index (χ2n) is 5.14. The van der Waals surface area contributed by atoms with E-state index in [2.05, 4.69) is 22.6 Å². The molecule has 21 heavy (non-hydrogen) atoms. The molecule has 120 valence electrons. The van der Waals surface area contributed by atoms with Gasteiger partial charge in [0.25, 0.3) is 0 Å². The smallest absolute Gasteiger partial charge is 0.249 e. The first-order valence-corrected chi connectivity index (χ1v) is 7.49. The van der Waals surface area contributed by atoms with Crippen molar-refractivity contribution in [3.8, 4) is 0 Å². The molecule has 0 fully saturated rings. The maximum Gasteiger partial charge on any atom is 0.249 e. The first-order chi connectivity index (χ1) is 10.1. The van der Waals surface area contributed by atoms with Gasteiger partial charge in [-0.25, -0.2) is 0 Å². The molecule has 2 unspecified atom stereocenters. The summed E-state index contributed by atoms with van der Waals surface area (Å²) in [7, 11) is 0. The summed E-state index contributed by atoms with van der Waals surface area (Å²) in [5, 5.41) is 8.12. The minimum Gasteiger partial charge on any atom is -0.344 e. The van der Waals surface area contributed by atoms with E-state index in [0.29, 0.717) is 19.3 Å². The molecular weight excluding hydrogens is 274 g/mol. The molecule has 0 aromatic rings. The largest absolute Gasteiger partial charge is 0.344 e. The molecule has 0 saturated heterocycles. The van der Waals surface area contributed by atoms with Gasteiger partial charge in [-0.05, 0) is 32.6 Å². The maximum absolute atomic E-state index is 11.9. The molecule has 0 aromatic carbocycles. The Bertz CT molecular complexity index is 347. The van der Waals surface area contributed by atoms with Crippen LogP contribution in [0.4, 0.5) is 0 Å². The van der Waals surface area contributed by atoms with Crippen LogP contribution in [0.1, 0.15) is 58.8 Å². The zero-order valence-electron chi connectivity index (χ0n) is 12.8. The number of carbonyl (C=O) groups excluding carboxylic acids is 2. The summed E-state index contributed by atoms with van der Waals surface area (Å²) in [5.41, 5.74) is 0. The third-order valence-corrected chi connectivity index (χ3v) is 3.31. The van der Waals surface area contributed by atoms with Crippen LogP contribution in [-0.2, 0) is 9.59 Å². The van der Waals surface area contributed by atoms with Gasteiger partial charge in [0.15, 0.2) is 11.8 Å². The van der Waals surface area contributed by atoms with Crippen molar-refractivity contribution in [3.05, 3.63) is 9.81 Å². The lowest BCUT2D eigenvalue weighted by Crippen LogP contribution is -2.44. The lowest BCUT2D eigenvalue weighted by molar-refractivity contribution is -0.127. The molecule has 1 N–H and O–H groups in total. The lowest BCUT2D eigenvalue weighted by atomic mass is 10.0. The molecule has 0 aliphatic heterocycles. The summed E-state index contributed by atoms with van der Waals surface area (Å²) >= 11 is 0. The van der Waals surface area contributed by atoms with Crippen molar-refractivity contribution < 1.29 is 9.59 Å². The fraction of sp³-hybridized carbons (Fsp3) is 0.857. The molecule has 0 bridgehead atoms. The Morgan fingerprint density at radius 2 is 1.71 bits per heavy atom. The van der Waals surface area contributed by atoms with Gasteiger partial charge in [-0.2, -0.15) is 4.91 Å². The van der Waals surface area contributed by atoms with E-state index in [1.54, 1.807) is 0 Å². The Kier molecular flexibility index (Phi) is 11.2. The van der Waals surface area contributed by atoms with Crippen LogP contribution in [0.5, 0.6) is 0 Å². The summed E-state index contributed by atoms with van der Waals surface area (Å²) in [6.07, 6.45) is 4.77. The third kappa shape index (κ3) is 8.99. The molecule has 0 rings (SSSR count). The average molecular weight is 299 g/mol. The molecule has 1 amide bonds. The third-order valence-electron chi connectivity index (χ3n) is 3.31. The van der Waals surface area contributed by atoms with Crippen LogP contribution >= 0.6 is 0 Å². The number of amides is 1. The van der Waals surface area contributed by atoms with Crippen molar-refractivity contribution in [2.75, 3.05) is 6.54 Å². The van der Waals surface area contributed by atoms with E-state index < -0.39 is 18.0 Å². The molecule has 0 spiro atoms. The van der Waals surface area contributed by atoms with Gasteiger partial charge in [0.05, 0.1) is 12.6 Å². The lowest BCUT2D eigenvalue weighted by Gasteiger charge is -2.17. The van der Waals surface area contributed by atoms with Gasteiger partial charge in [-0.15, -0.1) is 4.91 Å². The maximum atomic E-state index is 11.9. The van der Waals surface area contributed by atoms with Crippen molar-refractivity contribution >= 4 is 11.7 Å². The van der Waals surface area contributed by atoms with Gasteiger partial charge in [-0.3, -0.25) is 9.59 Å². The van der Waals surface area contributed by atoms with Crippen LogP contribution in [0.3, 0.4) is 0 Å². The van der Waals surface area contributed by atoms with Gasteiger partial charge in [-0.1, -0.05) is 36.5 Å². The first kappa shape index (κ1) is 19.3. The topological polar surface area (TPSA) is 105 Å². The first-order valence-electron chi connectivity index (χ1n) is 7.49. The van der Waals surface area contributed by atoms with Crippen LogP contribution in [0.2, 0.25) is 0 Å². The fourth-order valence-corrected chi connectivity index (χ4v) is 1.99. The Balaban J connectivity index is 4.31. The Hall–Kier alpha value is -1.66. The van der Waals surface area contributed by atoms with E-state index in [-0.39, 0.29) is 18.7 Å². The monoisotopic (exact) mass is 299 g/mol. The van der Waals surface area contributed by atoms with E-state index in [4.69, 9.17) is 0 Å². The van der Waals surface area contributed by atoms with E-state index in [1.807, 2.05) is 0 Å². The van der Waals surface area contributed by atoms with Crippen molar-refractivity contribution in [2.45, 2.75) is 70.9 Å². The zero-order valence-corrected chi connectivity index (χ0v) is 12.8. The quantitative estimate of drug-likeness (QED) is 0.417. The average Bonchev–Trinajstić information content (AvgIpc) is 2.46. The van der Waals surface area contributed by atoms with E-state index >= 15 is 0 Å². The molecule has 2 atom stereocenters. The summed E-state index contributed by atoms with van der Waals surface area (Å²) in [4.78, 5) is 44.1. The molecule has 0 saturated carbocycles. The number of nitrogens with zero attached hydrogens (tertiary/aromatic N) is 2. The molecular formula is C14H25N3O4. The van der Waals surface area contributed by atoms with Crippen molar-refractivity contribution in [1.82, 2.24) is 5.32 Å². The highest BCUT2D eigenvalue weighted by Crippen LogP contribution is 2.08. The van der Waals surface area contributed by atoms with Gasteiger partial charge < -0.3 is 5.32 Å². The van der Waals surface area contributed by atoms with E-state index in [9.17, 15) is 19.4 Å². The fourth-order valence-electron chi connectivity index (χ4n) is 1.99. The zero-order chi connectivity index (χ0) is 16.1. The Labute approximate surface area is 125 Å². The highest BCUT2D eigenvalue weighted by Gasteiger charge is 2.23. The Morgan fingerprint density at radius 1 is 1.05 bits per heavy atom. The van der Waals surface area contributed by atoms with Crippen molar-refractivity contribution in [3.63, 3.8) is 0 Å². The number of hydrogen-bond acceptors (Lipinski definition) is 6. The van der Waals surface area contributed by atoms with Crippen LogP contribution in [0.25, 0.3) is 0 Å². The minimum absolute atomic E-state index is 0.116. The normalized spacial score (nSPS) is 13.2. The molecule has 0 aromatic heterocycles. The van der Waals surface area contributed by atoms with Crippen LogP contribution in [-0.4, -0.2) is 30.3 Å². The highest BCUT2D eigenvalue weighted by molar-refractivity contribution is 5.89. The number of ketones is 1. The second-order valence-corrected chi connectivity index (χ2v) is 5.14. The van der Waals surface area contributed by atoms with Crippen molar-refractivity contribution in [2.24, 2.45) is 10.4 Å². The minimum atomic E-state index is -1.01. The summed E-state index contributed by atoms with van der Waals surface area (Å²) < 4.78 is 0. The number of hydrogen-bond donors (Lipinski definition) is 1. The van der Waals surface area contributed by atoms with E-state index in [1.165, 1.54) is 6.92 Å². The van der Waals surface area contributed by atoms with Gasteiger partial charge in [0, 0.05) is 0 Å². The molecule has 0 radical (unpaired) electrons. The second kappa shape index (κ2) is 12.1. The predicted octanol–water partition coefficient (Wildman–Crippen LogP) is 2.71. The highest BCUT2D eigenvalue weighted by atomic mass is 16.3. The summed E-state index contributed by atoms with van der Waals surface area (Å²) in [6, 6.07) is -1.56. The molecule has 0 aliphatic carbocycles. The number of unbranched alkanes of at least 4 members (excludes halogenated alkanes) is 3. The van der Waals surface area contributed by atoms with Crippen molar-refractivity contribution in [1.29, 1.82) is 0 Å². The molecule has 7 nitrogen and oxygen atoms in total. The molecule has 0 aliphatic rings. The van der Waals surface area contributed by atoms with Crippen LogP contribution in [0, 0.1) is 9.81 Å². The van der Waals surface area contributed by atoms with Crippen LogP contribution < -0.4 is 5.32 Å². The predicted molar refractivity (Wildman–Crippen MR) is 80.8 cm³/mol. The SMILES string of the molecule is CCCCCC(NC(=O)C(CCCCN=O)N=O)C(C)=O. The summed E-state index contributed by atoms with van der Waals surface area (Å²) in [5.74, 6) is -0.630.